The van der Waals surface area contributed by atoms with E-state index in [4.69, 9.17) is 11.6 Å². The van der Waals surface area contributed by atoms with Gasteiger partial charge in [0.15, 0.2) is 0 Å². The molecule has 0 fully saturated rings. The third kappa shape index (κ3) is 7.25. The number of pyridine rings is 1. The number of carbonyl (C=O) groups is 1. The van der Waals surface area contributed by atoms with Gasteiger partial charge in [-0.3, -0.25) is 4.79 Å². The zero-order valence-electron chi connectivity index (χ0n) is 11.9. The quantitative estimate of drug-likeness (QED) is 0.461. The molecule has 0 aliphatic heterocycles. The smallest absolute Gasteiger partial charge is 0.224 e. The Morgan fingerprint density at radius 1 is 1.25 bits per heavy atom. The average Bonchev–Trinajstić information content (AvgIpc) is 2.42. The Morgan fingerprint density at radius 3 is 2.55 bits per heavy atom. The first-order valence-electron chi connectivity index (χ1n) is 7.24. The van der Waals surface area contributed by atoms with Gasteiger partial charge < -0.3 is 5.32 Å². The Balaban J connectivity index is 2.15. The largest absolute Gasteiger partial charge is 0.325 e. The number of rotatable bonds is 9. The monoisotopic (exact) mass is 360 g/mol. The summed E-state index contributed by atoms with van der Waals surface area (Å²) >= 11 is 9.09. The van der Waals surface area contributed by atoms with Crippen molar-refractivity contribution >= 4 is 39.1 Å². The van der Waals surface area contributed by atoms with Crippen LogP contribution >= 0.6 is 27.5 Å². The number of halogens is 2. The first kappa shape index (κ1) is 17.4. The van der Waals surface area contributed by atoms with Crippen molar-refractivity contribution in [3.63, 3.8) is 0 Å². The van der Waals surface area contributed by atoms with Crippen molar-refractivity contribution in [1.29, 1.82) is 0 Å². The summed E-state index contributed by atoms with van der Waals surface area (Å²) in [6, 6.07) is 1.76. The topological polar surface area (TPSA) is 42.0 Å². The zero-order valence-corrected chi connectivity index (χ0v) is 14.3. The first-order valence-corrected chi connectivity index (χ1v) is 8.41. The summed E-state index contributed by atoms with van der Waals surface area (Å²) in [4.78, 5) is 15.7. The molecule has 0 aromatic carbocycles. The maximum Gasteiger partial charge on any atom is 0.224 e. The summed E-state index contributed by atoms with van der Waals surface area (Å²) in [5.41, 5.74) is 0.675. The predicted molar refractivity (Wildman–Crippen MR) is 88.2 cm³/mol. The lowest BCUT2D eigenvalue weighted by atomic mass is 10.1. The molecule has 0 bridgehead atoms. The minimum atomic E-state index is 0.0366. The van der Waals surface area contributed by atoms with Crippen LogP contribution in [-0.4, -0.2) is 10.9 Å². The number of nitrogens with zero attached hydrogens (tertiary/aromatic N) is 1. The highest BCUT2D eigenvalue weighted by Gasteiger charge is 2.05. The molecule has 1 N–H and O–H groups in total. The highest BCUT2D eigenvalue weighted by Crippen LogP contribution is 2.23. The molecule has 0 spiro atoms. The molecule has 0 saturated heterocycles. The molecule has 1 amide bonds. The highest BCUT2D eigenvalue weighted by atomic mass is 79.9. The van der Waals surface area contributed by atoms with Crippen molar-refractivity contribution in [3.8, 4) is 0 Å². The second-order valence-corrected chi connectivity index (χ2v) is 6.13. The standard InChI is InChI=1S/C15H22BrClN2O/c1-2-3-4-5-6-7-8-9-14(20)19-12-10-13(16)15(17)18-11-12/h10-11H,2-9H2,1H3,(H,19,20). The highest BCUT2D eigenvalue weighted by molar-refractivity contribution is 9.10. The van der Waals surface area contributed by atoms with E-state index in [9.17, 15) is 4.79 Å². The van der Waals surface area contributed by atoms with Crippen LogP contribution in [0.3, 0.4) is 0 Å². The van der Waals surface area contributed by atoms with Crippen LogP contribution in [0.15, 0.2) is 16.7 Å². The molecular weight excluding hydrogens is 340 g/mol. The first-order chi connectivity index (χ1) is 9.63. The van der Waals surface area contributed by atoms with Crippen LogP contribution in [0.1, 0.15) is 58.3 Å². The number of carbonyl (C=O) groups excluding carboxylic acids is 1. The van der Waals surface area contributed by atoms with Crippen LogP contribution < -0.4 is 5.32 Å². The summed E-state index contributed by atoms with van der Waals surface area (Å²) in [5, 5.41) is 3.23. The molecule has 5 heteroatoms. The Kier molecular flexibility index (Phi) is 8.86. The fourth-order valence-corrected chi connectivity index (χ4v) is 2.41. The maximum absolute atomic E-state index is 11.8. The minimum Gasteiger partial charge on any atom is -0.325 e. The van der Waals surface area contributed by atoms with E-state index in [1.54, 1.807) is 12.3 Å². The van der Waals surface area contributed by atoms with Gasteiger partial charge in [-0.1, -0.05) is 57.0 Å². The normalized spacial score (nSPS) is 10.6. The van der Waals surface area contributed by atoms with Crippen molar-refractivity contribution in [1.82, 2.24) is 4.98 Å². The molecule has 0 aliphatic rings. The fraction of sp³-hybridized carbons (Fsp3) is 0.600. The SMILES string of the molecule is CCCCCCCCCC(=O)Nc1cnc(Cl)c(Br)c1. The van der Waals surface area contributed by atoms with Gasteiger partial charge in [0, 0.05) is 6.42 Å². The molecule has 0 unspecified atom stereocenters. The molecule has 1 aromatic heterocycles. The fourth-order valence-electron chi connectivity index (χ4n) is 1.96. The number of unbranched alkanes of at least 4 members (excludes halogenated alkanes) is 6. The summed E-state index contributed by atoms with van der Waals surface area (Å²) in [7, 11) is 0. The van der Waals surface area contributed by atoms with E-state index >= 15 is 0 Å². The van der Waals surface area contributed by atoms with Crippen LogP contribution in [0.5, 0.6) is 0 Å². The van der Waals surface area contributed by atoms with Gasteiger partial charge >= 0.3 is 0 Å². The van der Waals surface area contributed by atoms with Gasteiger partial charge in [0.05, 0.1) is 16.4 Å². The molecule has 20 heavy (non-hydrogen) atoms. The van der Waals surface area contributed by atoms with E-state index in [1.165, 1.54) is 32.1 Å². The molecular formula is C15H22BrClN2O. The lowest BCUT2D eigenvalue weighted by Gasteiger charge is -2.06. The third-order valence-electron chi connectivity index (χ3n) is 3.09. The van der Waals surface area contributed by atoms with E-state index in [0.29, 0.717) is 21.7 Å². The molecule has 0 radical (unpaired) electrons. The van der Waals surface area contributed by atoms with Crippen LogP contribution in [0, 0.1) is 0 Å². The molecule has 0 saturated carbocycles. The Morgan fingerprint density at radius 2 is 1.90 bits per heavy atom. The number of amides is 1. The molecule has 3 nitrogen and oxygen atoms in total. The predicted octanol–water partition coefficient (Wildman–Crippen LogP) is 5.58. The molecule has 1 rings (SSSR count). The van der Waals surface area contributed by atoms with Gasteiger partial charge in [-0.25, -0.2) is 4.98 Å². The number of anilines is 1. The summed E-state index contributed by atoms with van der Waals surface area (Å²) in [6.45, 7) is 2.22. The average molecular weight is 362 g/mol. The van der Waals surface area contributed by atoms with Gasteiger partial charge in [-0.05, 0) is 28.4 Å². The lowest BCUT2D eigenvalue weighted by Crippen LogP contribution is -2.11. The van der Waals surface area contributed by atoms with E-state index in [2.05, 4.69) is 33.2 Å². The zero-order chi connectivity index (χ0) is 14.8. The summed E-state index contributed by atoms with van der Waals surface area (Å²) in [6.07, 6.45) is 10.6. The molecule has 1 heterocycles. The van der Waals surface area contributed by atoms with E-state index < -0.39 is 0 Å². The second kappa shape index (κ2) is 10.2. The Hall–Kier alpha value is -0.610. The van der Waals surface area contributed by atoms with Gasteiger partial charge in [-0.15, -0.1) is 0 Å². The number of aromatic nitrogens is 1. The molecule has 0 aliphatic carbocycles. The Labute approximate surface area is 134 Å². The van der Waals surface area contributed by atoms with E-state index in [1.807, 2.05) is 0 Å². The van der Waals surface area contributed by atoms with Crippen molar-refractivity contribution in [2.24, 2.45) is 0 Å². The number of nitrogens with one attached hydrogen (secondary N) is 1. The van der Waals surface area contributed by atoms with Gasteiger partial charge in [-0.2, -0.15) is 0 Å². The third-order valence-corrected chi connectivity index (χ3v) is 4.22. The van der Waals surface area contributed by atoms with Gasteiger partial charge in [0.1, 0.15) is 5.15 Å². The van der Waals surface area contributed by atoms with Gasteiger partial charge in [0.2, 0.25) is 5.91 Å². The minimum absolute atomic E-state index is 0.0366. The van der Waals surface area contributed by atoms with Crippen molar-refractivity contribution in [3.05, 3.63) is 21.9 Å². The van der Waals surface area contributed by atoms with Crippen LogP contribution in [0.4, 0.5) is 5.69 Å². The van der Waals surface area contributed by atoms with Crippen LogP contribution in [0.25, 0.3) is 0 Å². The molecule has 1 aromatic rings. The van der Waals surface area contributed by atoms with E-state index in [0.717, 1.165) is 12.8 Å². The van der Waals surface area contributed by atoms with Crippen LogP contribution in [-0.2, 0) is 4.79 Å². The molecule has 0 atom stereocenters. The Bertz CT molecular complexity index is 426. The summed E-state index contributed by atoms with van der Waals surface area (Å²) < 4.78 is 0.688. The molecule has 112 valence electrons. The second-order valence-electron chi connectivity index (χ2n) is 4.92. The van der Waals surface area contributed by atoms with E-state index in [-0.39, 0.29) is 5.91 Å². The number of hydrogen-bond donors (Lipinski definition) is 1. The van der Waals surface area contributed by atoms with Crippen LogP contribution in [0.2, 0.25) is 5.15 Å². The van der Waals surface area contributed by atoms with Crippen molar-refractivity contribution in [2.75, 3.05) is 5.32 Å². The lowest BCUT2D eigenvalue weighted by molar-refractivity contribution is -0.116. The summed E-state index contributed by atoms with van der Waals surface area (Å²) in [5.74, 6) is 0.0366. The number of hydrogen-bond acceptors (Lipinski definition) is 2. The van der Waals surface area contributed by atoms with Crippen molar-refractivity contribution in [2.45, 2.75) is 58.3 Å². The van der Waals surface area contributed by atoms with Gasteiger partial charge in [0.25, 0.3) is 0 Å². The maximum atomic E-state index is 11.8. The van der Waals surface area contributed by atoms with Crippen molar-refractivity contribution < 1.29 is 4.79 Å².